The SMILES string of the molecule is CS(=O)(=O)N1CCC2(CC1)CC(C1c3ccccc3-c3cncn31)C2. The fraction of sp³-hybridized carbons (Fsp3) is 0.526. The zero-order chi connectivity index (χ0) is 17.2. The number of aromatic nitrogens is 2. The van der Waals surface area contributed by atoms with E-state index in [9.17, 15) is 8.42 Å². The van der Waals surface area contributed by atoms with Gasteiger partial charge in [-0.25, -0.2) is 17.7 Å². The molecule has 0 N–H and O–H groups in total. The van der Waals surface area contributed by atoms with Crippen LogP contribution in [-0.4, -0.2) is 41.6 Å². The van der Waals surface area contributed by atoms with Gasteiger partial charge in [0.15, 0.2) is 0 Å². The number of nitrogens with zero attached hydrogens (tertiary/aromatic N) is 3. The monoisotopic (exact) mass is 357 g/mol. The summed E-state index contributed by atoms with van der Waals surface area (Å²) in [6.45, 7) is 1.37. The molecule has 3 heterocycles. The van der Waals surface area contributed by atoms with Crippen molar-refractivity contribution in [3.63, 3.8) is 0 Å². The van der Waals surface area contributed by atoms with E-state index in [2.05, 4.69) is 33.8 Å². The Hall–Kier alpha value is -1.66. The van der Waals surface area contributed by atoms with Crippen LogP contribution in [0, 0.1) is 11.3 Å². The van der Waals surface area contributed by atoms with Gasteiger partial charge in [0.1, 0.15) is 0 Å². The predicted octanol–water partition coefficient (Wildman–Crippen LogP) is 2.90. The third-order valence-corrected chi connectivity index (χ3v) is 7.91. The van der Waals surface area contributed by atoms with Crippen molar-refractivity contribution in [1.29, 1.82) is 0 Å². The number of rotatable bonds is 2. The second-order valence-electron chi connectivity index (χ2n) is 8.05. The normalized spacial score (nSPS) is 25.6. The quantitative estimate of drug-likeness (QED) is 0.830. The zero-order valence-corrected chi connectivity index (χ0v) is 15.2. The topological polar surface area (TPSA) is 55.2 Å². The summed E-state index contributed by atoms with van der Waals surface area (Å²) in [5.74, 6) is 0.626. The number of piperidine rings is 1. The first-order valence-electron chi connectivity index (χ1n) is 9.03. The molecule has 25 heavy (non-hydrogen) atoms. The highest BCUT2D eigenvalue weighted by Gasteiger charge is 2.51. The lowest BCUT2D eigenvalue weighted by molar-refractivity contribution is -0.0112. The number of fused-ring (bicyclic) bond motifs is 3. The van der Waals surface area contributed by atoms with E-state index in [-0.39, 0.29) is 0 Å². The summed E-state index contributed by atoms with van der Waals surface area (Å²) in [5.41, 5.74) is 4.32. The maximum Gasteiger partial charge on any atom is 0.211 e. The van der Waals surface area contributed by atoms with Gasteiger partial charge in [-0.15, -0.1) is 0 Å². The van der Waals surface area contributed by atoms with Gasteiger partial charge in [-0.05, 0) is 42.6 Å². The van der Waals surface area contributed by atoms with Crippen molar-refractivity contribution in [3.05, 3.63) is 42.4 Å². The molecule has 2 aromatic rings. The first-order valence-corrected chi connectivity index (χ1v) is 10.9. The van der Waals surface area contributed by atoms with Crippen LogP contribution in [0.15, 0.2) is 36.8 Å². The van der Waals surface area contributed by atoms with E-state index in [0.717, 1.165) is 12.8 Å². The second-order valence-corrected chi connectivity index (χ2v) is 10.0. The molecule has 0 bridgehead atoms. The Morgan fingerprint density at radius 3 is 2.60 bits per heavy atom. The largest absolute Gasteiger partial charge is 0.323 e. The first-order chi connectivity index (χ1) is 12.0. The van der Waals surface area contributed by atoms with E-state index >= 15 is 0 Å². The summed E-state index contributed by atoms with van der Waals surface area (Å²) in [4.78, 5) is 4.36. The Balaban J connectivity index is 1.35. The van der Waals surface area contributed by atoms with Crippen molar-refractivity contribution >= 4 is 10.0 Å². The van der Waals surface area contributed by atoms with Gasteiger partial charge in [0.25, 0.3) is 0 Å². The molecule has 2 aliphatic heterocycles. The molecule has 1 atom stereocenters. The van der Waals surface area contributed by atoms with Gasteiger partial charge >= 0.3 is 0 Å². The summed E-state index contributed by atoms with van der Waals surface area (Å²) in [7, 11) is -3.04. The molecule has 1 aromatic heterocycles. The van der Waals surface area contributed by atoms with Crippen LogP contribution in [0.5, 0.6) is 0 Å². The van der Waals surface area contributed by atoms with E-state index in [1.54, 1.807) is 4.31 Å². The molecule has 0 radical (unpaired) electrons. The van der Waals surface area contributed by atoms with Crippen LogP contribution >= 0.6 is 0 Å². The molecule has 5 rings (SSSR count). The number of hydrogen-bond donors (Lipinski definition) is 0. The lowest BCUT2D eigenvalue weighted by atomic mass is 9.55. The number of imidazole rings is 1. The minimum Gasteiger partial charge on any atom is -0.323 e. The molecule has 1 aromatic carbocycles. The minimum absolute atomic E-state index is 0.351. The van der Waals surface area contributed by atoms with Crippen LogP contribution in [0.4, 0.5) is 0 Å². The third-order valence-electron chi connectivity index (χ3n) is 6.61. The van der Waals surface area contributed by atoms with Gasteiger partial charge in [0, 0.05) is 18.7 Å². The Morgan fingerprint density at radius 2 is 1.88 bits per heavy atom. The van der Waals surface area contributed by atoms with Crippen LogP contribution in [0.2, 0.25) is 0 Å². The van der Waals surface area contributed by atoms with Gasteiger partial charge in [-0.1, -0.05) is 24.3 Å². The van der Waals surface area contributed by atoms with Crippen LogP contribution in [-0.2, 0) is 10.0 Å². The zero-order valence-electron chi connectivity index (χ0n) is 14.4. The van der Waals surface area contributed by atoms with Crippen molar-refractivity contribution < 1.29 is 8.42 Å². The van der Waals surface area contributed by atoms with E-state index in [0.29, 0.717) is 30.5 Å². The highest BCUT2D eigenvalue weighted by Crippen LogP contribution is 2.59. The fourth-order valence-electron chi connectivity index (χ4n) is 5.33. The first kappa shape index (κ1) is 15.6. The van der Waals surface area contributed by atoms with Crippen molar-refractivity contribution in [3.8, 4) is 11.3 Å². The van der Waals surface area contributed by atoms with E-state index < -0.39 is 10.0 Å². The maximum atomic E-state index is 11.7. The predicted molar refractivity (Wildman–Crippen MR) is 96.6 cm³/mol. The summed E-state index contributed by atoms with van der Waals surface area (Å²) < 4.78 is 27.5. The molecule has 1 saturated carbocycles. The van der Waals surface area contributed by atoms with Crippen LogP contribution < -0.4 is 0 Å². The molecule has 6 heteroatoms. The lowest BCUT2D eigenvalue weighted by Gasteiger charge is -2.53. The fourth-order valence-corrected chi connectivity index (χ4v) is 6.18. The van der Waals surface area contributed by atoms with Crippen LogP contribution in [0.25, 0.3) is 11.3 Å². The van der Waals surface area contributed by atoms with Gasteiger partial charge in [0.05, 0.1) is 30.5 Å². The van der Waals surface area contributed by atoms with Gasteiger partial charge in [-0.3, -0.25) is 0 Å². The summed E-state index contributed by atoms with van der Waals surface area (Å²) >= 11 is 0. The molecular formula is C19H23N3O2S. The van der Waals surface area contributed by atoms with Crippen LogP contribution in [0.1, 0.15) is 37.3 Å². The summed E-state index contributed by atoms with van der Waals surface area (Å²) in [6.07, 6.45) is 9.66. The van der Waals surface area contributed by atoms with Crippen molar-refractivity contribution in [1.82, 2.24) is 13.9 Å². The van der Waals surface area contributed by atoms with Crippen molar-refractivity contribution in [2.75, 3.05) is 19.3 Å². The number of benzene rings is 1. The van der Waals surface area contributed by atoms with Gasteiger partial charge in [-0.2, -0.15) is 0 Å². The molecule has 1 aliphatic carbocycles. The summed E-state index contributed by atoms with van der Waals surface area (Å²) in [6, 6.07) is 9.07. The highest BCUT2D eigenvalue weighted by atomic mass is 32.2. The Labute approximate surface area is 148 Å². The molecule has 0 amide bonds. The highest BCUT2D eigenvalue weighted by molar-refractivity contribution is 7.88. The van der Waals surface area contributed by atoms with Crippen molar-refractivity contribution in [2.45, 2.75) is 31.7 Å². The second kappa shape index (κ2) is 5.17. The molecule has 132 valence electrons. The molecular weight excluding hydrogens is 334 g/mol. The van der Waals surface area contributed by atoms with Crippen LogP contribution in [0.3, 0.4) is 0 Å². The van der Waals surface area contributed by atoms with E-state index in [4.69, 9.17) is 0 Å². The Kier molecular flexibility index (Phi) is 3.23. The summed E-state index contributed by atoms with van der Waals surface area (Å²) in [5, 5.41) is 0. The lowest BCUT2D eigenvalue weighted by Crippen LogP contribution is -2.49. The van der Waals surface area contributed by atoms with Crippen molar-refractivity contribution in [2.24, 2.45) is 11.3 Å². The average Bonchev–Trinajstić information content (AvgIpc) is 3.13. The Bertz CT molecular complexity index is 918. The molecule has 1 saturated heterocycles. The van der Waals surface area contributed by atoms with E-state index in [1.165, 1.54) is 35.9 Å². The smallest absolute Gasteiger partial charge is 0.211 e. The maximum absolute atomic E-state index is 11.7. The third kappa shape index (κ3) is 2.30. The van der Waals surface area contributed by atoms with Gasteiger partial charge < -0.3 is 4.57 Å². The molecule has 5 nitrogen and oxygen atoms in total. The molecule has 2 fully saturated rings. The molecule has 1 spiro atoms. The molecule has 1 unspecified atom stereocenters. The number of sulfonamides is 1. The average molecular weight is 357 g/mol. The van der Waals surface area contributed by atoms with E-state index in [1.807, 2.05) is 12.5 Å². The van der Waals surface area contributed by atoms with Gasteiger partial charge in [0.2, 0.25) is 10.0 Å². The standard InChI is InChI=1S/C19H23N3O2S/c1-25(23,24)21-8-6-19(7-9-21)10-14(11-19)18-16-5-3-2-4-15(16)17-12-20-13-22(17)18/h2-5,12-14,18H,6-11H2,1H3. The number of hydrogen-bond acceptors (Lipinski definition) is 3. The minimum atomic E-state index is -3.04. The molecule has 3 aliphatic rings. The Morgan fingerprint density at radius 1 is 1.16 bits per heavy atom.